The van der Waals surface area contributed by atoms with Crippen molar-refractivity contribution in [2.24, 2.45) is 0 Å². The highest BCUT2D eigenvalue weighted by Crippen LogP contribution is 2.17. The highest BCUT2D eigenvalue weighted by atomic mass is 16.4. The molecule has 0 aliphatic rings. The molecule has 0 heterocycles. The first-order valence-electron chi connectivity index (χ1n) is 5.31. The number of urea groups is 1. The molecule has 0 atom stereocenters. The molecule has 6 nitrogen and oxygen atoms in total. The van der Waals surface area contributed by atoms with Crippen LogP contribution in [0.5, 0.6) is 0 Å². The van der Waals surface area contributed by atoms with Crippen molar-refractivity contribution >= 4 is 17.7 Å². The van der Waals surface area contributed by atoms with Crippen LogP contribution >= 0.6 is 0 Å². The molecule has 0 aliphatic heterocycles. The number of carboxylic acid groups (broad SMARTS) is 1. The van der Waals surface area contributed by atoms with Crippen molar-refractivity contribution in [2.75, 3.05) is 11.9 Å². The predicted octanol–water partition coefficient (Wildman–Crippen LogP) is 1.46. The molecule has 0 fully saturated rings. The number of nitrogens with zero attached hydrogens (tertiary/aromatic N) is 1. The summed E-state index contributed by atoms with van der Waals surface area (Å²) in [7, 11) is 0. The Kier molecular flexibility index (Phi) is 4.69. The highest BCUT2D eigenvalue weighted by Gasteiger charge is 2.08. The van der Waals surface area contributed by atoms with Crippen molar-refractivity contribution in [1.29, 1.82) is 5.26 Å². The third kappa shape index (κ3) is 3.79. The van der Waals surface area contributed by atoms with Gasteiger partial charge in [-0.1, -0.05) is 12.1 Å². The van der Waals surface area contributed by atoms with Gasteiger partial charge in [-0.25, -0.2) is 4.79 Å². The first-order chi connectivity index (χ1) is 8.54. The van der Waals surface area contributed by atoms with Crippen LogP contribution in [-0.2, 0) is 4.79 Å². The molecule has 0 unspecified atom stereocenters. The van der Waals surface area contributed by atoms with Crippen molar-refractivity contribution in [3.63, 3.8) is 0 Å². The molecule has 0 radical (unpaired) electrons. The smallest absolute Gasteiger partial charge is 0.319 e. The number of amides is 2. The van der Waals surface area contributed by atoms with E-state index >= 15 is 0 Å². The highest BCUT2D eigenvalue weighted by molar-refractivity contribution is 5.91. The number of aliphatic carboxylic acids is 1. The number of anilines is 1. The fourth-order valence-electron chi connectivity index (χ4n) is 1.37. The van der Waals surface area contributed by atoms with E-state index in [-0.39, 0.29) is 13.0 Å². The van der Waals surface area contributed by atoms with Crippen LogP contribution < -0.4 is 10.6 Å². The topological polar surface area (TPSA) is 102 Å². The van der Waals surface area contributed by atoms with Gasteiger partial charge in [-0.15, -0.1) is 0 Å². The van der Waals surface area contributed by atoms with Crippen LogP contribution in [0.15, 0.2) is 18.2 Å². The fourth-order valence-corrected chi connectivity index (χ4v) is 1.37. The molecule has 2 amide bonds. The zero-order valence-corrected chi connectivity index (χ0v) is 9.86. The number of benzene rings is 1. The maximum Gasteiger partial charge on any atom is 0.319 e. The summed E-state index contributed by atoms with van der Waals surface area (Å²) >= 11 is 0. The molecule has 0 saturated heterocycles. The van der Waals surface area contributed by atoms with Crippen LogP contribution in [0.25, 0.3) is 0 Å². The first kappa shape index (κ1) is 13.5. The van der Waals surface area contributed by atoms with E-state index in [0.717, 1.165) is 5.56 Å². The number of hydrogen-bond donors (Lipinski definition) is 3. The molecular formula is C12H13N3O3. The molecule has 1 aromatic carbocycles. The molecule has 0 aromatic heterocycles. The van der Waals surface area contributed by atoms with E-state index in [1.165, 1.54) is 0 Å². The van der Waals surface area contributed by atoms with Gasteiger partial charge in [0.15, 0.2) is 0 Å². The monoisotopic (exact) mass is 247 g/mol. The number of rotatable bonds is 4. The Labute approximate surface area is 104 Å². The van der Waals surface area contributed by atoms with Crippen LogP contribution in [0.4, 0.5) is 10.5 Å². The number of nitriles is 1. The Morgan fingerprint density at radius 2 is 2.17 bits per heavy atom. The van der Waals surface area contributed by atoms with Gasteiger partial charge in [-0.2, -0.15) is 5.26 Å². The van der Waals surface area contributed by atoms with Crippen molar-refractivity contribution in [3.8, 4) is 6.07 Å². The van der Waals surface area contributed by atoms with E-state index in [1.54, 1.807) is 25.1 Å². The summed E-state index contributed by atoms with van der Waals surface area (Å²) in [4.78, 5) is 21.7. The molecule has 3 N–H and O–H groups in total. The van der Waals surface area contributed by atoms with Gasteiger partial charge >= 0.3 is 12.0 Å². The van der Waals surface area contributed by atoms with Gasteiger partial charge in [0.05, 0.1) is 17.7 Å². The van der Waals surface area contributed by atoms with Gasteiger partial charge in [0.1, 0.15) is 6.07 Å². The Bertz CT molecular complexity index is 506. The third-order valence-corrected chi connectivity index (χ3v) is 2.26. The number of carbonyl (C=O) groups excluding carboxylic acids is 1. The Balaban J connectivity index is 2.63. The van der Waals surface area contributed by atoms with Crippen LogP contribution in [0.1, 0.15) is 17.5 Å². The van der Waals surface area contributed by atoms with Gasteiger partial charge in [-0.05, 0) is 18.6 Å². The number of aryl methyl sites for hydroxylation is 1. The van der Waals surface area contributed by atoms with Gasteiger partial charge < -0.3 is 15.7 Å². The summed E-state index contributed by atoms with van der Waals surface area (Å²) in [5, 5.41) is 22.3. The maximum absolute atomic E-state index is 11.4. The average Bonchev–Trinajstić information content (AvgIpc) is 2.28. The molecule has 6 heteroatoms. The van der Waals surface area contributed by atoms with Gasteiger partial charge in [0, 0.05) is 6.54 Å². The largest absolute Gasteiger partial charge is 0.481 e. The molecular weight excluding hydrogens is 234 g/mol. The second kappa shape index (κ2) is 6.25. The standard InChI is InChI=1S/C12H13N3O3/c1-8-3-2-4-10(9(8)7-13)15-12(18)14-6-5-11(16)17/h2-4H,5-6H2,1H3,(H,16,17)(H2,14,15,18). The summed E-state index contributed by atoms with van der Waals surface area (Å²) in [5.74, 6) is -0.983. The van der Waals surface area contributed by atoms with Crippen molar-refractivity contribution in [3.05, 3.63) is 29.3 Å². The number of nitrogens with one attached hydrogen (secondary N) is 2. The summed E-state index contributed by atoms with van der Waals surface area (Å²) in [6.07, 6.45) is -0.146. The van der Waals surface area contributed by atoms with Crippen molar-refractivity contribution in [2.45, 2.75) is 13.3 Å². The minimum Gasteiger partial charge on any atom is -0.481 e. The van der Waals surface area contributed by atoms with E-state index in [9.17, 15) is 9.59 Å². The molecule has 0 bridgehead atoms. The number of carbonyl (C=O) groups is 2. The summed E-state index contributed by atoms with van der Waals surface area (Å²) < 4.78 is 0. The lowest BCUT2D eigenvalue weighted by Gasteiger charge is -2.09. The zero-order chi connectivity index (χ0) is 13.5. The van der Waals surface area contributed by atoms with Gasteiger partial charge in [0.2, 0.25) is 0 Å². The minimum atomic E-state index is -0.983. The Morgan fingerprint density at radius 1 is 1.44 bits per heavy atom. The summed E-state index contributed by atoms with van der Waals surface area (Å²) in [6, 6.07) is 6.59. The number of carboxylic acids is 1. The lowest BCUT2D eigenvalue weighted by molar-refractivity contribution is -0.136. The van der Waals surface area contributed by atoms with Crippen LogP contribution in [0, 0.1) is 18.3 Å². The molecule has 1 aromatic rings. The van der Waals surface area contributed by atoms with E-state index in [1.807, 2.05) is 6.07 Å². The van der Waals surface area contributed by atoms with Crippen LogP contribution in [0.2, 0.25) is 0 Å². The van der Waals surface area contributed by atoms with E-state index < -0.39 is 12.0 Å². The van der Waals surface area contributed by atoms with E-state index in [0.29, 0.717) is 11.3 Å². The fraction of sp³-hybridized carbons (Fsp3) is 0.250. The Hall–Kier alpha value is -2.55. The SMILES string of the molecule is Cc1cccc(NC(=O)NCCC(=O)O)c1C#N. The molecule has 0 spiro atoms. The number of hydrogen-bond acceptors (Lipinski definition) is 3. The Morgan fingerprint density at radius 3 is 2.78 bits per heavy atom. The van der Waals surface area contributed by atoms with Gasteiger partial charge in [0.25, 0.3) is 0 Å². The minimum absolute atomic E-state index is 0.0366. The summed E-state index contributed by atoms with van der Waals surface area (Å²) in [5.41, 5.74) is 1.57. The molecule has 0 aliphatic carbocycles. The molecule has 1 rings (SSSR count). The lowest BCUT2D eigenvalue weighted by Crippen LogP contribution is -2.30. The van der Waals surface area contributed by atoms with Crippen LogP contribution in [-0.4, -0.2) is 23.7 Å². The summed E-state index contributed by atoms with van der Waals surface area (Å²) in [6.45, 7) is 1.81. The molecule has 0 saturated carbocycles. The van der Waals surface area contributed by atoms with Gasteiger partial charge in [-0.3, -0.25) is 4.79 Å². The molecule has 94 valence electrons. The lowest BCUT2D eigenvalue weighted by atomic mass is 10.1. The predicted molar refractivity (Wildman–Crippen MR) is 65.2 cm³/mol. The second-order valence-electron chi connectivity index (χ2n) is 3.63. The van der Waals surface area contributed by atoms with Crippen molar-refractivity contribution in [1.82, 2.24) is 5.32 Å². The van der Waals surface area contributed by atoms with E-state index in [2.05, 4.69) is 10.6 Å². The average molecular weight is 247 g/mol. The van der Waals surface area contributed by atoms with E-state index in [4.69, 9.17) is 10.4 Å². The molecule has 18 heavy (non-hydrogen) atoms. The van der Waals surface area contributed by atoms with Crippen molar-refractivity contribution < 1.29 is 14.7 Å². The zero-order valence-electron chi connectivity index (χ0n) is 9.86. The normalized spacial score (nSPS) is 9.33. The third-order valence-electron chi connectivity index (χ3n) is 2.26. The first-order valence-corrected chi connectivity index (χ1v) is 5.31. The second-order valence-corrected chi connectivity index (χ2v) is 3.63. The quantitative estimate of drug-likeness (QED) is 0.749. The van der Waals surface area contributed by atoms with Crippen LogP contribution in [0.3, 0.4) is 0 Å². The maximum atomic E-state index is 11.4.